The number of anilines is 3. The topological polar surface area (TPSA) is 97.5 Å². The third-order valence-corrected chi connectivity index (χ3v) is 5.71. The molecule has 2 atom stereocenters. The van der Waals surface area contributed by atoms with Crippen molar-refractivity contribution < 1.29 is 9.53 Å². The molecule has 2 bridgehead atoms. The number of Topliss-reactive ketones (excluding diaryl/α,β-unsaturated/α-hetero) is 1. The van der Waals surface area contributed by atoms with Crippen LogP contribution in [-0.2, 0) is 9.53 Å². The number of carbonyl (C=O) groups excluding carboxylic acids is 1. The zero-order chi connectivity index (χ0) is 19.1. The van der Waals surface area contributed by atoms with E-state index in [0.29, 0.717) is 55.1 Å². The van der Waals surface area contributed by atoms with Gasteiger partial charge in [-0.15, -0.1) is 0 Å². The fourth-order valence-electron chi connectivity index (χ4n) is 4.13. The van der Waals surface area contributed by atoms with Crippen molar-refractivity contribution in [2.75, 3.05) is 41.7 Å². The lowest BCUT2D eigenvalue weighted by atomic mass is 10.1. The number of nitrogens with two attached hydrogens (primary N) is 1. The summed E-state index contributed by atoms with van der Waals surface area (Å²) >= 11 is 0. The molecule has 28 heavy (non-hydrogen) atoms. The average Bonchev–Trinajstić information content (AvgIpc) is 3.06. The first kappa shape index (κ1) is 17.4. The molecular weight excluding hydrogens is 356 g/mol. The van der Waals surface area contributed by atoms with Gasteiger partial charge in [0.15, 0.2) is 5.82 Å². The van der Waals surface area contributed by atoms with Crippen LogP contribution in [0, 0.1) is 0 Å². The molecular formula is C20H24N6O2. The van der Waals surface area contributed by atoms with E-state index in [9.17, 15) is 4.79 Å². The van der Waals surface area contributed by atoms with Gasteiger partial charge < -0.3 is 20.3 Å². The average molecular weight is 380 g/mol. The van der Waals surface area contributed by atoms with Crippen LogP contribution in [0.4, 0.5) is 17.6 Å². The van der Waals surface area contributed by atoms with Crippen LogP contribution in [-0.4, -0.2) is 59.1 Å². The van der Waals surface area contributed by atoms with Crippen molar-refractivity contribution in [2.24, 2.45) is 0 Å². The van der Waals surface area contributed by atoms with E-state index in [1.54, 1.807) is 0 Å². The molecule has 0 aliphatic carbocycles. The maximum absolute atomic E-state index is 11.6. The summed E-state index contributed by atoms with van der Waals surface area (Å²) in [5.74, 6) is 2.27. The Kier molecular flexibility index (Phi) is 4.35. The minimum Gasteiger partial charge on any atom is -0.399 e. The van der Waals surface area contributed by atoms with E-state index < -0.39 is 0 Å². The highest BCUT2D eigenvalue weighted by atomic mass is 16.5. The molecule has 3 aliphatic heterocycles. The summed E-state index contributed by atoms with van der Waals surface area (Å²) in [5, 5.41) is 0. The second-order valence-corrected chi connectivity index (χ2v) is 7.77. The Morgan fingerprint density at radius 1 is 0.893 bits per heavy atom. The molecule has 8 nitrogen and oxygen atoms in total. The second kappa shape index (κ2) is 7.01. The van der Waals surface area contributed by atoms with Gasteiger partial charge in [0, 0.05) is 50.3 Å². The highest BCUT2D eigenvalue weighted by molar-refractivity contribution is 5.80. The number of piperidine rings is 1. The van der Waals surface area contributed by atoms with Gasteiger partial charge in [0.1, 0.15) is 5.78 Å². The number of benzene rings is 1. The van der Waals surface area contributed by atoms with Gasteiger partial charge in [0.2, 0.25) is 11.9 Å². The molecule has 1 aromatic heterocycles. The number of ketones is 1. The number of hydrogen-bond donors (Lipinski definition) is 1. The van der Waals surface area contributed by atoms with E-state index in [2.05, 4.69) is 9.80 Å². The third-order valence-electron chi connectivity index (χ3n) is 5.71. The predicted molar refractivity (Wildman–Crippen MR) is 106 cm³/mol. The lowest BCUT2D eigenvalue weighted by Crippen LogP contribution is -2.44. The zero-order valence-corrected chi connectivity index (χ0v) is 15.8. The fraction of sp³-hybridized carbons (Fsp3) is 0.500. The molecule has 0 amide bonds. The molecule has 1 aromatic carbocycles. The molecule has 4 heterocycles. The molecule has 3 saturated heterocycles. The van der Waals surface area contributed by atoms with Crippen molar-refractivity contribution in [3.05, 3.63) is 24.3 Å². The van der Waals surface area contributed by atoms with Gasteiger partial charge in [-0.3, -0.25) is 4.79 Å². The minimum atomic E-state index is 0.256. The summed E-state index contributed by atoms with van der Waals surface area (Å²) < 4.78 is 5.96. The van der Waals surface area contributed by atoms with E-state index in [-0.39, 0.29) is 12.2 Å². The number of nitrogens with zero attached hydrogens (tertiary/aromatic N) is 5. The van der Waals surface area contributed by atoms with E-state index in [4.69, 9.17) is 25.4 Å². The number of rotatable bonds is 3. The normalized spacial score (nSPS) is 24.6. The van der Waals surface area contributed by atoms with Gasteiger partial charge in [-0.25, -0.2) is 0 Å². The second-order valence-electron chi connectivity index (χ2n) is 7.77. The first-order chi connectivity index (χ1) is 13.6. The van der Waals surface area contributed by atoms with Gasteiger partial charge in [0.25, 0.3) is 0 Å². The van der Waals surface area contributed by atoms with Crippen molar-refractivity contribution in [1.82, 2.24) is 15.0 Å². The van der Waals surface area contributed by atoms with Crippen LogP contribution in [0.15, 0.2) is 24.3 Å². The molecule has 2 N–H and O–H groups in total. The Balaban J connectivity index is 1.51. The largest absolute Gasteiger partial charge is 0.399 e. The SMILES string of the molecule is Nc1ccc(-c2nc(N3CCC(=O)CC3)nc(N3CC4CCC(C3)O4)n2)cc1. The van der Waals surface area contributed by atoms with Crippen LogP contribution >= 0.6 is 0 Å². The summed E-state index contributed by atoms with van der Waals surface area (Å²) in [6.45, 7) is 2.91. The van der Waals surface area contributed by atoms with Crippen molar-refractivity contribution in [2.45, 2.75) is 37.9 Å². The lowest BCUT2D eigenvalue weighted by Gasteiger charge is -2.33. The van der Waals surface area contributed by atoms with E-state index in [1.165, 1.54) is 0 Å². The number of hydrogen-bond acceptors (Lipinski definition) is 8. The van der Waals surface area contributed by atoms with Gasteiger partial charge in [0.05, 0.1) is 12.2 Å². The van der Waals surface area contributed by atoms with Crippen molar-refractivity contribution in [1.29, 1.82) is 0 Å². The summed E-state index contributed by atoms with van der Waals surface area (Å²) in [7, 11) is 0. The number of aromatic nitrogens is 3. The predicted octanol–water partition coefficient (Wildman–Crippen LogP) is 1.66. The highest BCUT2D eigenvalue weighted by Crippen LogP contribution is 2.30. The molecule has 0 saturated carbocycles. The smallest absolute Gasteiger partial charge is 0.230 e. The van der Waals surface area contributed by atoms with Crippen LogP contribution in [0.1, 0.15) is 25.7 Å². The number of ether oxygens (including phenoxy) is 1. The van der Waals surface area contributed by atoms with Crippen molar-refractivity contribution >= 4 is 23.4 Å². The Morgan fingerprint density at radius 3 is 2.14 bits per heavy atom. The van der Waals surface area contributed by atoms with Crippen LogP contribution in [0.5, 0.6) is 0 Å². The van der Waals surface area contributed by atoms with Gasteiger partial charge in [-0.2, -0.15) is 15.0 Å². The quantitative estimate of drug-likeness (QED) is 0.803. The van der Waals surface area contributed by atoms with E-state index in [0.717, 1.165) is 31.5 Å². The van der Waals surface area contributed by atoms with Crippen LogP contribution < -0.4 is 15.5 Å². The first-order valence-corrected chi connectivity index (χ1v) is 9.93. The summed E-state index contributed by atoms with van der Waals surface area (Å²) in [5.41, 5.74) is 7.45. The standard InChI is InChI=1S/C20H24N6O2/c21-14-3-1-13(2-4-14)18-22-19(25-9-7-15(27)8-10-25)24-20(23-18)26-11-16-5-6-17(12-26)28-16/h1-4,16-17H,5-12,21H2. The van der Waals surface area contributed by atoms with Gasteiger partial charge >= 0.3 is 0 Å². The summed E-state index contributed by atoms with van der Waals surface area (Å²) in [4.78, 5) is 30.2. The molecule has 8 heteroatoms. The monoisotopic (exact) mass is 380 g/mol. The molecule has 2 unspecified atom stereocenters. The minimum absolute atomic E-state index is 0.256. The van der Waals surface area contributed by atoms with E-state index >= 15 is 0 Å². The van der Waals surface area contributed by atoms with Crippen LogP contribution in [0.3, 0.4) is 0 Å². The molecule has 146 valence electrons. The zero-order valence-electron chi connectivity index (χ0n) is 15.8. The number of nitrogen functional groups attached to an aromatic ring is 1. The van der Waals surface area contributed by atoms with Crippen molar-refractivity contribution in [3.63, 3.8) is 0 Å². The first-order valence-electron chi connectivity index (χ1n) is 9.93. The molecule has 5 rings (SSSR count). The highest BCUT2D eigenvalue weighted by Gasteiger charge is 2.35. The Morgan fingerprint density at radius 2 is 1.50 bits per heavy atom. The van der Waals surface area contributed by atoms with Gasteiger partial charge in [-0.1, -0.05) is 0 Å². The fourth-order valence-corrected chi connectivity index (χ4v) is 4.13. The summed E-state index contributed by atoms with van der Waals surface area (Å²) in [6, 6.07) is 7.57. The lowest BCUT2D eigenvalue weighted by molar-refractivity contribution is -0.119. The number of carbonyl (C=O) groups is 1. The Hall–Kier alpha value is -2.74. The van der Waals surface area contributed by atoms with Crippen LogP contribution in [0.25, 0.3) is 11.4 Å². The number of morpholine rings is 1. The molecule has 3 fully saturated rings. The Bertz CT molecular complexity index is 865. The molecule has 3 aliphatic rings. The van der Waals surface area contributed by atoms with Crippen molar-refractivity contribution in [3.8, 4) is 11.4 Å². The molecule has 2 aromatic rings. The maximum atomic E-state index is 11.6. The van der Waals surface area contributed by atoms with E-state index in [1.807, 2.05) is 24.3 Å². The van der Waals surface area contributed by atoms with Crippen LogP contribution in [0.2, 0.25) is 0 Å². The number of fused-ring (bicyclic) bond motifs is 2. The third kappa shape index (κ3) is 3.40. The maximum Gasteiger partial charge on any atom is 0.230 e. The summed E-state index contributed by atoms with van der Waals surface area (Å²) in [6.07, 6.45) is 3.79. The molecule has 0 radical (unpaired) electrons. The molecule has 0 spiro atoms. The van der Waals surface area contributed by atoms with Gasteiger partial charge in [-0.05, 0) is 37.1 Å². The Labute approximate surface area is 163 Å².